The number of halogens is 2. The highest BCUT2D eigenvalue weighted by atomic mass is 19.3. The van der Waals surface area contributed by atoms with Gasteiger partial charge in [-0.2, -0.15) is 0 Å². The summed E-state index contributed by atoms with van der Waals surface area (Å²) in [5, 5.41) is 6.17. The van der Waals surface area contributed by atoms with Gasteiger partial charge in [0, 0.05) is 43.4 Å². The van der Waals surface area contributed by atoms with Crippen LogP contribution in [0.25, 0.3) is 11.3 Å². The van der Waals surface area contributed by atoms with Crippen molar-refractivity contribution in [2.24, 2.45) is 0 Å². The second kappa shape index (κ2) is 6.58. The number of rotatable bonds is 4. The van der Waals surface area contributed by atoms with E-state index in [2.05, 4.69) is 20.6 Å². The van der Waals surface area contributed by atoms with Gasteiger partial charge in [0.2, 0.25) is 11.8 Å². The van der Waals surface area contributed by atoms with E-state index in [1.807, 2.05) is 29.8 Å². The standard InChI is InChI=1S/C19H23F2N5O/c1-18(8-10-23-17(18)27)26-11-15(24-12-26)14-3-2-9-22-16(14)25-13-4-6-19(20,21)7-5-13/h2-3,9,11-13H,4-8,10H2,1H3,(H,22,25)(H,23,27). The van der Waals surface area contributed by atoms with Crippen LogP contribution in [0.15, 0.2) is 30.9 Å². The van der Waals surface area contributed by atoms with Gasteiger partial charge in [0.1, 0.15) is 11.4 Å². The summed E-state index contributed by atoms with van der Waals surface area (Å²) in [5.41, 5.74) is 0.860. The Hall–Kier alpha value is -2.51. The lowest BCUT2D eigenvalue weighted by atomic mass is 9.92. The number of carbonyl (C=O) groups is 1. The maximum Gasteiger partial charge on any atom is 0.248 e. The quantitative estimate of drug-likeness (QED) is 0.861. The fourth-order valence-corrected chi connectivity index (χ4v) is 3.81. The molecule has 0 aromatic carbocycles. The Morgan fingerprint density at radius 3 is 2.74 bits per heavy atom. The average Bonchev–Trinajstić information content (AvgIpc) is 3.26. The first-order chi connectivity index (χ1) is 12.9. The van der Waals surface area contributed by atoms with E-state index in [0.29, 0.717) is 37.3 Å². The Morgan fingerprint density at radius 2 is 2.04 bits per heavy atom. The third-order valence-corrected chi connectivity index (χ3v) is 5.68. The van der Waals surface area contributed by atoms with E-state index in [1.54, 1.807) is 12.5 Å². The summed E-state index contributed by atoms with van der Waals surface area (Å²) >= 11 is 0. The number of amides is 1. The molecule has 8 heteroatoms. The Kier molecular flexibility index (Phi) is 4.36. The Labute approximate surface area is 156 Å². The van der Waals surface area contributed by atoms with Gasteiger partial charge in [0.15, 0.2) is 0 Å². The van der Waals surface area contributed by atoms with Crippen molar-refractivity contribution >= 4 is 11.7 Å². The summed E-state index contributed by atoms with van der Waals surface area (Å²) < 4.78 is 28.6. The first kappa shape index (κ1) is 17.9. The molecule has 0 spiro atoms. The zero-order chi connectivity index (χ0) is 19.1. The van der Waals surface area contributed by atoms with Gasteiger partial charge in [0.05, 0.1) is 12.0 Å². The number of hydrogen-bond acceptors (Lipinski definition) is 4. The van der Waals surface area contributed by atoms with Crippen LogP contribution in [0, 0.1) is 0 Å². The van der Waals surface area contributed by atoms with Crippen molar-refractivity contribution < 1.29 is 13.6 Å². The summed E-state index contributed by atoms with van der Waals surface area (Å²) in [5.74, 6) is -1.93. The fraction of sp³-hybridized carbons (Fsp3) is 0.526. The van der Waals surface area contributed by atoms with Crippen LogP contribution < -0.4 is 10.6 Å². The van der Waals surface area contributed by atoms with Crippen molar-refractivity contribution in [2.75, 3.05) is 11.9 Å². The van der Waals surface area contributed by atoms with E-state index < -0.39 is 11.5 Å². The SMILES string of the molecule is CC1(n2cnc(-c3cccnc3NC3CCC(F)(F)CC3)c2)CCNC1=O. The number of nitrogens with zero attached hydrogens (tertiary/aromatic N) is 3. The molecule has 1 unspecified atom stereocenters. The maximum atomic E-state index is 13.4. The highest BCUT2D eigenvalue weighted by molar-refractivity contribution is 5.86. The Balaban J connectivity index is 1.56. The molecule has 2 aromatic heterocycles. The topological polar surface area (TPSA) is 71.8 Å². The van der Waals surface area contributed by atoms with Gasteiger partial charge >= 0.3 is 0 Å². The van der Waals surface area contributed by atoms with Crippen molar-refractivity contribution in [3.05, 3.63) is 30.9 Å². The molecule has 1 aliphatic carbocycles. The third-order valence-electron chi connectivity index (χ3n) is 5.68. The first-order valence-corrected chi connectivity index (χ1v) is 9.30. The molecular weight excluding hydrogens is 352 g/mol. The number of hydrogen-bond donors (Lipinski definition) is 2. The number of anilines is 1. The predicted molar refractivity (Wildman–Crippen MR) is 97.6 cm³/mol. The molecule has 0 radical (unpaired) electrons. The summed E-state index contributed by atoms with van der Waals surface area (Å²) in [7, 11) is 0. The minimum Gasteiger partial charge on any atom is -0.367 e. The second-order valence-electron chi connectivity index (χ2n) is 7.62. The van der Waals surface area contributed by atoms with Crippen LogP contribution in [0.2, 0.25) is 0 Å². The van der Waals surface area contributed by atoms with Crippen molar-refractivity contribution in [3.63, 3.8) is 0 Å². The van der Waals surface area contributed by atoms with E-state index >= 15 is 0 Å². The van der Waals surface area contributed by atoms with Crippen LogP contribution >= 0.6 is 0 Å². The molecule has 1 atom stereocenters. The van der Waals surface area contributed by atoms with Crippen molar-refractivity contribution in [1.29, 1.82) is 0 Å². The molecule has 1 amide bonds. The number of aromatic nitrogens is 3. The predicted octanol–water partition coefficient (Wildman–Crippen LogP) is 3.17. The molecule has 144 valence electrons. The molecule has 3 heterocycles. The largest absolute Gasteiger partial charge is 0.367 e. The molecule has 0 bridgehead atoms. The van der Waals surface area contributed by atoms with Crippen LogP contribution in [0.4, 0.5) is 14.6 Å². The molecular formula is C19H23F2N5O. The number of nitrogens with one attached hydrogen (secondary N) is 2. The highest BCUT2D eigenvalue weighted by Gasteiger charge is 2.39. The minimum atomic E-state index is -2.55. The molecule has 2 N–H and O–H groups in total. The van der Waals surface area contributed by atoms with Crippen LogP contribution in [-0.2, 0) is 10.3 Å². The van der Waals surface area contributed by atoms with Gasteiger partial charge in [-0.3, -0.25) is 4.79 Å². The van der Waals surface area contributed by atoms with Crippen molar-refractivity contribution in [2.45, 2.75) is 56.5 Å². The van der Waals surface area contributed by atoms with Crippen molar-refractivity contribution in [1.82, 2.24) is 19.9 Å². The monoisotopic (exact) mass is 375 g/mol. The van der Waals surface area contributed by atoms with Gasteiger partial charge in [-0.15, -0.1) is 0 Å². The number of pyridine rings is 1. The smallest absolute Gasteiger partial charge is 0.248 e. The number of alkyl halides is 2. The van der Waals surface area contributed by atoms with E-state index in [1.165, 1.54) is 0 Å². The first-order valence-electron chi connectivity index (χ1n) is 9.30. The zero-order valence-corrected chi connectivity index (χ0v) is 15.2. The molecule has 2 aromatic rings. The van der Waals surface area contributed by atoms with E-state index in [9.17, 15) is 13.6 Å². The number of carbonyl (C=O) groups excluding carboxylic acids is 1. The van der Waals surface area contributed by atoms with Crippen molar-refractivity contribution in [3.8, 4) is 11.3 Å². The van der Waals surface area contributed by atoms with E-state index in [0.717, 1.165) is 5.56 Å². The van der Waals surface area contributed by atoms with Crippen LogP contribution in [0.3, 0.4) is 0 Å². The average molecular weight is 375 g/mol. The Bertz CT molecular complexity index is 842. The lowest BCUT2D eigenvalue weighted by Gasteiger charge is -2.29. The molecule has 2 fully saturated rings. The molecule has 4 rings (SSSR count). The third kappa shape index (κ3) is 3.40. The lowest BCUT2D eigenvalue weighted by molar-refractivity contribution is -0.125. The molecule has 1 aliphatic heterocycles. The Morgan fingerprint density at radius 1 is 1.26 bits per heavy atom. The molecule has 1 saturated carbocycles. The molecule has 1 saturated heterocycles. The summed E-state index contributed by atoms with van der Waals surface area (Å²) in [6.45, 7) is 2.54. The van der Waals surface area contributed by atoms with Gasteiger partial charge < -0.3 is 15.2 Å². The normalized spacial score (nSPS) is 25.4. The van der Waals surface area contributed by atoms with Crippen LogP contribution in [0.5, 0.6) is 0 Å². The second-order valence-corrected chi connectivity index (χ2v) is 7.62. The summed E-state index contributed by atoms with van der Waals surface area (Å²) in [6, 6.07) is 3.69. The minimum absolute atomic E-state index is 0.0147. The maximum absolute atomic E-state index is 13.4. The zero-order valence-electron chi connectivity index (χ0n) is 15.2. The summed E-state index contributed by atoms with van der Waals surface area (Å²) in [4.78, 5) is 21.0. The van der Waals surface area contributed by atoms with E-state index in [4.69, 9.17) is 0 Å². The van der Waals surface area contributed by atoms with Gasteiger partial charge in [-0.05, 0) is 38.3 Å². The van der Waals surface area contributed by atoms with E-state index in [-0.39, 0.29) is 24.8 Å². The number of imidazole rings is 1. The lowest BCUT2D eigenvalue weighted by Crippen LogP contribution is -2.37. The molecule has 2 aliphatic rings. The van der Waals surface area contributed by atoms with Gasteiger partial charge in [-0.1, -0.05) is 0 Å². The molecule has 6 nitrogen and oxygen atoms in total. The van der Waals surface area contributed by atoms with Gasteiger partial charge in [0.25, 0.3) is 0 Å². The summed E-state index contributed by atoms with van der Waals surface area (Å²) in [6.07, 6.45) is 6.51. The fourth-order valence-electron chi connectivity index (χ4n) is 3.81. The van der Waals surface area contributed by atoms with Crippen LogP contribution in [-0.4, -0.2) is 39.0 Å². The highest BCUT2D eigenvalue weighted by Crippen LogP contribution is 2.35. The molecule has 27 heavy (non-hydrogen) atoms. The van der Waals surface area contributed by atoms with Gasteiger partial charge in [-0.25, -0.2) is 18.7 Å². The van der Waals surface area contributed by atoms with Crippen LogP contribution in [0.1, 0.15) is 39.0 Å².